The van der Waals surface area contributed by atoms with Crippen molar-refractivity contribution in [3.8, 4) is 0 Å². The average Bonchev–Trinajstić information content (AvgIpc) is 2.80. The SMILES string of the molecule is CSCCC(NC(=O)C(N)CCCN=C(N)N)C(=O)NC(CCC(=O)O)C(=O)NC(CC(C)C)C(=O)O. The number of nitrogens with two attached hydrogens (primary N) is 3. The Morgan fingerprint density at radius 1 is 0.865 bits per heavy atom. The molecular formula is C22H41N7O7S. The standard InChI is InChI=1S/C22H41N7O7S/c1-12(2)11-16(21(35)36)29-19(33)14(6-7-17(30)31)28-20(34)15(8-10-37-3)27-18(32)13(23)5-4-9-26-22(24)25/h12-16H,4-11,23H2,1-3H3,(H,27,32)(H,28,34)(H,29,33)(H,30,31)(H,35,36)(H4,24,25,26). The van der Waals surface area contributed by atoms with Gasteiger partial charge >= 0.3 is 11.9 Å². The highest BCUT2D eigenvalue weighted by Gasteiger charge is 2.30. The molecule has 0 heterocycles. The number of nitrogens with one attached hydrogen (secondary N) is 3. The van der Waals surface area contributed by atoms with Gasteiger partial charge in [0.1, 0.15) is 18.1 Å². The van der Waals surface area contributed by atoms with E-state index in [2.05, 4.69) is 20.9 Å². The van der Waals surface area contributed by atoms with Gasteiger partial charge in [0.25, 0.3) is 0 Å². The van der Waals surface area contributed by atoms with Crippen molar-refractivity contribution >= 4 is 47.4 Å². The van der Waals surface area contributed by atoms with Crippen LogP contribution in [0.25, 0.3) is 0 Å². The molecule has 0 aromatic carbocycles. The van der Waals surface area contributed by atoms with E-state index in [1.54, 1.807) is 13.8 Å². The number of carbonyl (C=O) groups excluding carboxylic acids is 3. The Bertz CT molecular complexity index is 806. The molecule has 0 saturated heterocycles. The first-order valence-electron chi connectivity index (χ1n) is 11.9. The van der Waals surface area contributed by atoms with E-state index in [0.29, 0.717) is 12.2 Å². The maximum Gasteiger partial charge on any atom is 0.326 e. The van der Waals surface area contributed by atoms with Gasteiger partial charge in [-0.3, -0.25) is 24.2 Å². The minimum absolute atomic E-state index is 0.0386. The molecule has 4 atom stereocenters. The summed E-state index contributed by atoms with van der Waals surface area (Å²) < 4.78 is 0. The zero-order valence-electron chi connectivity index (χ0n) is 21.6. The Morgan fingerprint density at radius 2 is 1.41 bits per heavy atom. The van der Waals surface area contributed by atoms with Crippen molar-refractivity contribution in [2.45, 2.75) is 76.5 Å². The van der Waals surface area contributed by atoms with Crippen LogP contribution in [0.4, 0.5) is 0 Å². The Labute approximate surface area is 220 Å². The van der Waals surface area contributed by atoms with Crippen LogP contribution in [0.2, 0.25) is 0 Å². The maximum atomic E-state index is 13.0. The molecule has 14 nitrogen and oxygen atoms in total. The van der Waals surface area contributed by atoms with Crippen LogP contribution in [0.3, 0.4) is 0 Å². The van der Waals surface area contributed by atoms with E-state index in [9.17, 15) is 29.1 Å². The summed E-state index contributed by atoms with van der Waals surface area (Å²) in [5.41, 5.74) is 16.4. The van der Waals surface area contributed by atoms with Crippen molar-refractivity contribution in [3.63, 3.8) is 0 Å². The summed E-state index contributed by atoms with van der Waals surface area (Å²) in [5.74, 6) is -4.17. The smallest absolute Gasteiger partial charge is 0.326 e. The number of nitrogens with zero attached hydrogens (tertiary/aromatic N) is 1. The van der Waals surface area contributed by atoms with Crippen molar-refractivity contribution in [3.05, 3.63) is 0 Å². The summed E-state index contributed by atoms with van der Waals surface area (Å²) in [5, 5.41) is 25.9. The number of carbonyl (C=O) groups is 5. The van der Waals surface area contributed by atoms with Crippen molar-refractivity contribution in [2.24, 2.45) is 28.1 Å². The fraction of sp³-hybridized carbons (Fsp3) is 0.727. The van der Waals surface area contributed by atoms with Gasteiger partial charge in [0.05, 0.1) is 6.04 Å². The molecule has 0 radical (unpaired) electrons. The molecular weight excluding hydrogens is 506 g/mol. The number of aliphatic imine (C=N–C) groups is 1. The minimum atomic E-state index is -1.32. The second-order valence-corrected chi connectivity index (χ2v) is 9.91. The predicted octanol–water partition coefficient (Wildman–Crippen LogP) is -1.43. The number of carboxylic acid groups (broad SMARTS) is 2. The van der Waals surface area contributed by atoms with Crippen LogP contribution in [0.5, 0.6) is 0 Å². The van der Waals surface area contributed by atoms with Crippen LogP contribution in [-0.4, -0.2) is 88.6 Å². The largest absolute Gasteiger partial charge is 0.481 e. The van der Waals surface area contributed by atoms with Crippen LogP contribution >= 0.6 is 11.8 Å². The average molecular weight is 548 g/mol. The summed E-state index contributed by atoms with van der Waals surface area (Å²) >= 11 is 1.44. The van der Waals surface area contributed by atoms with Crippen molar-refractivity contribution in [2.75, 3.05) is 18.6 Å². The molecule has 0 bridgehead atoms. The number of carboxylic acids is 2. The number of thioether (sulfide) groups is 1. The molecule has 4 unspecified atom stereocenters. The van der Waals surface area contributed by atoms with E-state index >= 15 is 0 Å². The van der Waals surface area contributed by atoms with Gasteiger partial charge in [-0.25, -0.2) is 4.79 Å². The Balaban J connectivity index is 5.45. The van der Waals surface area contributed by atoms with E-state index < -0.39 is 60.2 Å². The van der Waals surface area contributed by atoms with Gasteiger partial charge in [0.2, 0.25) is 17.7 Å². The topological polar surface area (TPSA) is 252 Å². The molecule has 3 amide bonds. The summed E-state index contributed by atoms with van der Waals surface area (Å²) in [6.07, 6.45) is 2.17. The molecule has 0 aliphatic heterocycles. The van der Waals surface area contributed by atoms with E-state index in [1.807, 2.05) is 6.26 Å². The molecule has 212 valence electrons. The first kappa shape index (κ1) is 33.9. The normalized spacial score (nSPS) is 14.1. The zero-order chi connectivity index (χ0) is 28.5. The van der Waals surface area contributed by atoms with E-state index in [0.717, 1.165) is 0 Å². The van der Waals surface area contributed by atoms with Gasteiger partial charge in [-0.05, 0) is 50.0 Å². The third kappa shape index (κ3) is 15.6. The zero-order valence-corrected chi connectivity index (χ0v) is 22.4. The molecule has 0 saturated carbocycles. The van der Waals surface area contributed by atoms with E-state index in [-0.39, 0.29) is 44.1 Å². The minimum Gasteiger partial charge on any atom is -0.481 e. The fourth-order valence-corrected chi connectivity index (χ4v) is 3.68. The second kappa shape index (κ2) is 18.2. The first-order valence-corrected chi connectivity index (χ1v) is 13.3. The van der Waals surface area contributed by atoms with Gasteiger partial charge in [-0.1, -0.05) is 13.8 Å². The number of rotatable bonds is 19. The molecule has 0 aliphatic rings. The highest BCUT2D eigenvalue weighted by Crippen LogP contribution is 2.08. The Kier molecular flexibility index (Phi) is 16.7. The molecule has 37 heavy (non-hydrogen) atoms. The van der Waals surface area contributed by atoms with Gasteiger partial charge in [0, 0.05) is 13.0 Å². The lowest BCUT2D eigenvalue weighted by atomic mass is 10.0. The van der Waals surface area contributed by atoms with Crippen molar-refractivity contribution in [1.29, 1.82) is 0 Å². The van der Waals surface area contributed by atoms with Gasteiger partial charge in [-0.15, -0.1) is 0 Å². The third-order valence-corrected chi connectivity index (χ3v) is 5.79. The Hall–Kier alpha value is -3.07. The van der Waals surface area contributed by atoms with Crippen molar-refractivity contribution in [1.82, 2.24) is 16.0 Å². The second-order valence-electron chi connectivity index (χ2n) is 8.92. The monoisotopic (exact) mass is 547 g/mol. The molecule has 0 fully saturated rings. The van der Waals surface area contributed by atoms with E-state index in [4.69, 9.17) is 22.3 Å². The summed E-state index contributed by atoms with van der Waals surface area (Å²) in [6, 6.07) is -4.51. The van der Waals surface area contributed by atoms with Gasteiger partial charge < -0.3 is 43.4 Å². The number of guanidine groups is 1. The summed E-state index contributed by atoms with van der Waals surface area (Å²) in [7, 11) is 0. The number of aliphatic carboxylic acids is 2. The lowest BCUT2D eigenvalue weighted by molar-refractivity contribution is -0.143. The molecule has 0 rings (SSSR count). The first-order chi connectivity index (χ1) is 17.3. The number of hydrogen-bond donors (Lipinski definition) is 8. The van der Waals surface area contributed by atoms with Crippen LogP contribution in [0, 0.1) is 5.92 Å². The quantitative estimate of drug-likeness (QED) is 0.0528. The molecule has 0 aliphatic carbocycles. The van der Waals surface area contributed by atoms with Crippen LogP contribution in [-0.2, 0) is 24.0 Å². The maximum absolute atomic E-state index is 13.0. The van der Waals surface area contributed by atoms with Crippen LogP contribution in [0.15, 0.2) is 4.99 Å². The molecule has 0 aromatic rings. The predicted molar refractivity (Wildman–Crippen MR) is 141 cm³/mol. The molecule has 0 aromatic heterocycles. The summed E-state index contributed by atoms with van der Waals surface area (Å²) in [6.45, 7) is 3.86. The van der Waals surface area contributed by atoms with Gasteiger partial charge in [0.15, 0.2) is 5.96 Å². The Morgan fingerprint density at radius 3 is 1.89 bits per heavy atom. The lowest BCUT2D eigenvalue weighted by Gasteiger charge is -2.25. The van der Waals surface area contributed by atoms with E-state index in [1.165, 1.54) is 11.8 Å². The highest BCUT2D eigenvalue weighted by atomic mass is 32.2. The highest BCUT2D eigenvalue weighted by molar-refractivity contribution is 7.98. The third-order valence-electron chi connectivity index (χ3n) is 5.15. The molecule has 15 heteroatoms. The number of amides is 3. The molecule has 11 N–H and O–H groups in total. The van der Waals surface area contributed by atoms with Crippen molar-refractivity contribution < 1.29 is 34.2 Å². The molecule has 0 spiro atoms. The van der Waals surface area contributed by atoms with Crippen LogP contribution < -0.4 is 33.2 Å². The summed E-state index contributed by atoms with van der Waals surface area (Å²) in [4.78, 5) is 64.9. The van der Waals surface area contributed by atoms with Crippen LogP contribution in [0.1, 0.15) is 52.4 Å². The lowest BCUT2D eigenvalue weighted by Crippen LogP contribution is -2.57. The fourth-order valence-electron chi connectivity index (χ4n) is 3.21. The number of hydrogen-bond acceptors (Lipinski definition) is 8. The van der Waals surface area contributed by atoms with Gasteiger partial charge in [-0.2, -0.15) is 11.8 Å².